The fourth-order valence-corrected chi connectivity index (χ4v) is 4.13. The highest BCUT2D eigenvalue weighted by Gasteiger charge is 2.19. The summed E-state index contributed by atoms with van der Waals surface area (Å²) in [5.74, 6) is 0.831. The molecular weight excluding hydrogens is 384 g/mol. The van der Waals surface area contributed by atoms with Crippen LogP contribution in [0.5, 0.6) is 0 Å². The van der Waals surface area contributed by atoms with E-state index in [1.807, 2.05) is 72.1 Å². The molecule has 3 heterocycles. The summed E-state index contributed by atoms with van der Waals surface area (Å²) in [5, 5.41) is 15.4. The van der Waals surface area contributed by atoms with Crippen LogP contribution in [0.1, 0.15) is 29.2 Å². The van der Waals surface area contributed by atoms with Crippen LogP contribution >= 0.6 is 0 Å². The summed E-state index contributed by atoms with van der Waals surface area (Å²) < 4.78 is 2.00. The Morgan fingerprint density at radius 1 is 1.10 bits per heavy atom. The molecule has 0 atom stereocenters. The van der Waals surface area contributed by atoms with Crippen LogP contribution in [0.25, 0.3) is 27.6 Å². The van der Waals surface area contributed by atoms with Crippen molar-refractivity contribution in [3.63, 3.8) is 0 Å². The van der Waals surface area contributed by atoms with E-state index in [2.05, 4.69) is 28.5 Å². The molecule has 0 amide bonds. The van der Waals surface area contributed by atoms with Crippen molar-refractivity contribution >= 4 is 39.6 Å². The van der Waals surface area contributed by atoms with E-state index >= 15 is 0 Å². The highest BCUT2D eigenvalue weighted by molar-refractivity contribution is 5.98. The van der Waals surface area contributed by atoms with E-state index in [-0.39, 0.29) is 0 Å². The second-order valence-electron chi connectivity index (χ2n) is 7.34. The normalized spacial score (nSPS) is 11.5. The molecule has 0 aliphatic carbocycles. The third-order valence-electron chi connectivity index (χ3n) is 5.64. The number of nitrogens with zero attached hydrogens (tertiary/aromatic N) is 5. The van der Waals surface area contributed by atoms with Gasteiger partial charge in [0.15, 0.2) is 5.65 Å². The molecule has 0 spiro atoms. The van der Waals surface area contributed by atoms with Crippen molar-refractivity contribution in [3.8, 4) is 6.07 Å². The van der Waals surface area contributed by atoms with Crippen LogP contribution in [0.3, 0.4) is 0 Å². The fraction of sp³-hybridized carbons (Fsp3) is 0.120. The van der Waals surface area contributed by atoms with Gasteiger partial charge in [0.25, 0.3) is 0 Å². The van der Waals surface area contributed by atoms with Gasteiger partial charge in [-0.1, -0.05) is 37.3 Å². The minimum Gasteiger partial charge on any atom is -0.276 e. The topological polar surface area (TPSA) is 78.4 Å². The van der Waals surface area contributed by atoms with Crippen LogP contribution in [0.15, 0.2) is 65.9 Å². The van der Waals surface area contributed by atoms with Gasteiger partial charge in [0, 0.05) is 17.1 Å². The first-order valence-corrected chi connectivity index (χ1v) is 10.2. The Balaban J connectivity index is 1.69. The third kappa shape index (κ3) is 2.99. The number of fused-ring (bicyclic) bond motifs is 4. The number of anilines is 1. The first-order chi connectivity index (χ1) is 15.2. The minimum absolute atomic E-state index is 0.600. The van der Waals surface area contributed by atoms with Crippen LogP contribution in [0, 0.1) is 18.3 Å². The Bertz CT molecular complexity index is 1520. The van der Waals surface area contributed by atoms with Crippen LogP contribution < -0.4 is 5.43 Å². The average molecular weight is 404 g/mol. The van der Waals surface area contributed by atoms with E-state index in [1.165, 1.54) is 0 Å². The Kier molecular flexibility index (Phi) is 4.57. The zero-order valence-electron chi connectivity index (χ0n) is 17.3. The Morgan fingerprint density at radius 3 is 2.68 bits per heavy atom. The summed E-state index contributed by atoms with van der Waals surface area (Å²) in [6, 6.07) is 20.2. The number of nitrogens with one attached hydrogen (secondary N) is 1. The number of hydrogen-bond acceptors (Lipinski definition) is 5. The summed E-state index contributed by atoms with van der Waals surface area (Å²) in [7, 11) is 0. The average Bonchev–Trinajstić information content (AvgIpc) is 3.18. The Hall–Kier alpha value is -4.24. The van der Waals surface area contributed by atoms with E-state index in [4.69, 9.17) is 4.98 Å². The highest BCUT2D eigenvalue weighted by Crippen LogP contribution is 2.31. The van der Waals surface area contributed by atoms with Crippen LogP contribution in [-0.4, -0.2) is 20.6 Å². The molecule has 0 aliphatic rings. The van der Waals surface area contributed by atoms with E-state index in [0.717, 1.165) is 50.9 Å². The van der Waals surface area contributed by atoms with Gasteiger partial charge in [-0.25, -0.2) is 4.98 Å². The van der Waals surface area contributed by atoms with Gasteiger partial charge >= 0.3 is 0 Å². The summed E-state index contributed by atoms with van der Waals surface area (Å²) >= 11 is 0. The van der Waals surface area contributed by atoms with Crippen molar-refractivity contribution in [3.05, 3.63) is 83.0 Å². The van der Waals surface area contributed by atoms with Crippen molar-refractivity contribution in [1.82, 2.24) is 14.4 Å². The number of imidazole rings is 1. The maximum atomic E-state index is 9.82. The zero-order valence-corrected chi connectivity index (χ0v) is 17.3. The predicted molar refractivity (Wildman–Crippen MR) is 124 cm³/mol. The summed E-state index contributed by atoms with van der Waals surface area (Å²) in [5.41, 5.74) is 10.2. The molecule has 0 saturated carbocycles. The number of para-hydroxylation sites is 3. The van der Waals surface area contributed by atoms with Gasteiger partial charge in [-0.15, -0.1) is 0 Å². The molecule has 0 bridgehead atoms. The van der Waals surface area contributed by atoms with Crippen molar-refractivity contribution in [1.29, 1.82) is 5.26 Å². The number of aromatic nitrogens is 3. The molecule has 5 aromatic rings. The molecular formula is C25H20N6. The molecule has 0 saturated heterocycles. The molecule has 150 valence electrons. The number of benzene rings is 2. The summed E-state index contributed by atoms with van der Waals surface area (Å²) in [4.78, 5) is 9.14. The van der Waals surface area contributed by atoms with Gasteiger partial charge < -0.3 is 0 Å². The van der Waals surface area contributed by atoms with Gasteiger partial charge in [0.2, 0.25) is 0 Å². The van der Waals surface area contributed by atoms with Crippen molar-refractivity contribution in [2.75, 3.05) is 5.43 Å². The molecule has 0 unspecified atom stereocenters. The quantitative estimate of drug-likeness (QED) is 0.329. The third-order valence-corrected chi connectivity index (χ3v) is 5.64. The van der Waals surface area contributed by atoms with Crippen LogP contribution in [0.2, 0.25) is 0 Å². The molecule has 31 heavy (non-hydrogen) atoms. The maximum absolute atomic E-state index is 9.82. The highest BCUT2D eigenvalue weighted by atomic mass is 15.3. The summed E-state index contributed by atoms with van der Waals surface area (Å²) in [6.07, 6.45) is 4.36. The lowest BCUT2D eigenvalue weighted by Gasteiger charge is -2.15. The molecule has 0 radical (unpaired) electrons. The fourth-order valence-electron chi connectivity index (χ4n) is 4.13. The monoisotopic (exact) mass is 404 g/mol. The van der Waals surface area contributed by atoms with Gasteiger partial charge in [0.1, 0.15) is 11.9 Å². The Morgan fingerprint density at radius 2 is 1.87 bits per heavy atom. The van der Waals surface area contributed by atoms with Crippen molar-refractivity contribution < 1.29 is 0 Å². The number of hydrazone groups is 1. The number of rotatable bonds is 4. The van der Waals surface area contributed by atoms with Crippen LogP contribution in [0.4, 0.5) is 5.82 Å². The van der Waals surface area contributed by atoms with E-state index in [1.54, 1.807) is 6.20 Å². The second kappa shape index (κ2) is 7.54. The molecule has 6 nitrogen and oxygen atoms in total. The van der Waals surface area contributed by atoms with Crippen molar-refractivity contribution in [2.24, 2.45) is 5.10 Å². The number of hydrogen-bond donors (Lipinski definition) is 1. The molecule has 2 aromatic carbocycles. The number of nitriles is 1. The predicted octanol–water partition coefficient (Wildman–Crippen LogP) is 5.22. The van der Waals surface area contributed by atoms with Gasteiger partial charge in [-0.3, -0.25) is 14.8 Å². The summed E-state index contributed by atoms with van der Waals surface area (Å²) in [6.45, 7) is 4.06. The lowest BCUT2D eigenvalue weighted by atomic mass is 10.0. The molecule has 3 aromatic heterocycles. The van der Waals surface area contributed by atoms with E-state index in [0.29, 0.717) is 11.2 Å². The zero-order chi connectivity index (χ0) is 21.4. The largest absolute Gasteiger partial charge is 0.276 e. The molecule has 1 N–H and O–H groups in total. The van der Waals surface area contributed by atoms with Gasteiger partial charge in [0.05, 0.1) is 28.3 Å². The lowest BCUT2D eigenvalue weighted by Crippen LogP contribution is -2.07. The Labute approximate surface area is 179 Å². The second-order valence-corrected chi connectivity index (χ2v) is 7.34. The van der Waals surface area contributed by atoms with E-state index < -0.39 is 0 Å². The first-order valence-electron chi connectivity index (χ1n) is 10.2. The van der Waals surface area contributed by atoms with Gasteiger partial charge in [-0.2, -0.15) is 10.4 Å². The SMILES string of the molecule is CCc1c(C)c(C#N)c2nc3ccccc3n2c1N/N=C/c1ccnc2ccccc12. The van der Waals surface area contributed by atoms with Crippen LogP contribution in [-0.2, 0) is 6.42 Å². The minimum atomic E-state index is 0.600. The lowest BCUT2D eigenvalue weighted by molar-refractivity contribution is 1.04. The molecule has 6 heteroatoms. The molecule has 5 rings (SSSR count). The van der Waals surface area contributed by atoms with Crippen molar-refractivity contribution in [2.45, 2.75) is 20.3 Å². The van der Waals surface area contributed by atoms with E-state index in [9.17, 15) is 5.26 Å². The standard InChI is InChI=1S/C25H20N6/c1-3-18-16(2)20(14-26)24-29-22-10-6-7-11-23(22)31(24)25(18)30-28-15-17-12-13-27-21-9-5-4-8-19(17)21/h4-13,15,30H,3H2,1-2H3/b28-15+. The first kappa shape index (κ1) is 18.8. The van der Waals surface area contributed by atoms with Gasteiger partial charge in [-0.05, 0) is 48.7 Å². The maximum Gasteiger partial charge on any atom is 0.157 e. The smallest absolute Gasteiger partial charge is 0.157 e. The molecule has 0 aliphatic heterocycles. The number of pyridine rings is 2. The molecule has 0 fully saturated rings.